The van der Waals surface area contributed by atoms with Gasteiger partial charge in [0.2, 0.25) is 5.91 Å². The van der Waals surface area contributed by atoms with E-state index < -0.39 is 0 Å². The molecule has 2 aromatic heterocycles. The van der Waals surface area contributed by atoms with Crippen LogP contribution >= 0.6 is 0 Å². The lowest BCUT2D eigenvalue weighted by Crippen LogP contribution is -2.28. The van der Waals surface area contributed by atoms with Crippen molar-refractivity contribution in [3.63, 3.8) is 0 Å². The number of nitrogens with zero attached hydrogens (tertiary/aromatic N) is 3. The highest BCUT2D eigenvalue weighted by Crippen LogP contribution is 2.19. The average Bonchev–Trinajstić information content (AvgIpc) is 3.25. The highest BCUT2D eigenvalue weighted by molar-refractivity contribution is 5.80. The van der Waals surface area contributed by atoms with E-state index in [1.807, 2.05) is 10.7 Å². The molecule has 0 spiro atoms. The van der Waals surface area contributed by atoms with Gasteiger partial charge >= 0.3 is 0 Å². The zero-order valence-corrected chi connectivity index (χ0v) is 15.2. The average molecular weight is 352 g/mol. The fourth-order valence-electron chi connectivity index (χ4n) is 3.33. The van der Waals surface area contributed by atoms with Gasteiger partial charge < -0.3 is 15.6 Å². The molecular formula is C19H24N6O. The van der Waals surface area contributed by atoms with Crippen LogP contribution in [0.3, 0.4) is 0 Å². The Bertz CT molecular complexity index is 931. The second kappa shape index (κ2) is 6.92. The SMILES string of the molecule is Cc1ccc2[nH]c(CCC(=O)NCc3cc4n(n3)CCNC4)nc2c1C. The van der Waals surface area contributed by atoms with Crippen LogP contribution in [0.25, 0.3) is 11.0 Å². The van der Waals surface area contributed by atoms with Crippen molar-refractivity contribution >= 4 is 16.9 Å². The molecule has 1 aliphatic rings. The number of hydrogen-bond donors (Lipinski definition) is 3. The van der Waals surface area contributed by atoms with Crippen LogP contribution in [-0.4, -0.2) is 32.2 Å². The fraction of sp³-hybridized carbons (Fsp3) is 0.421. The van der Waals surface area contributed by atoms with Crippen LogP contribution in [0.1, 0.15) is 34.8 Å². The van der Waals surface area contributed by atoms with Gasteiger partial charge in [-0.15, -0.1) is 0 Å². The van der Waals surface area contributed by atoms with Crippen molar-refractivity contribution < 1.29 is 4.79 Å². The normalized spacial score (nSPS) is 13.8. The molecule has 0 atom stereocenters. The van der Waals surface area contributed by atoms with Crippen LogP contribution in [0.4, 0.5) is 0 Å². The maximum absolute atomic E-state index is 12.2. The van der Waals surface area contributed by atoms with E-state index in [1.54, 1.807) is 0 Å². The number of amides is 1. The third-order valence-corrected chi connectivity index (χ3v) is 5.00. The first-order chi connectivity index (χ1) is 12.6. The number of aromatic amines is 1. The Labute approximate surface area is 152 Å². The molecule has 7 heteroatoms. The van der Waals surface area contributed by atoms with Gasteiger partial charge in [-0.2, -0.15) is 5.10 Å². The minimum Gasteiger partial charge on any atom is -0.350 e. The van der Waals surface area contributed by atoms with Crippen molar-refractivity contribution in [2.45, 2.75) is 46.3 Å². The highest BCUT2D eigenvalue weighted by Gasteiger charge is 2.13. The number of carbonyl (C=O) groups is 1. The summed E-state index contributed by atoms with van der Waals surface area (Å²) in [5.74, 6) is 0.870. The summed E-state index contributed by atoms with van der Waals surface area (Å²) in [5.41, 5.74) is 6.53. The molecule has 0 fully saturated rings. The van der Waals surface area contributed by atoms with Gasteiger partial charge in [0.25, 0.3) is 0 Å². The number of aromatic nitrogens is 4. The Morgan fingerprint density at radius 2 is 2.23 bits per heavy atom. The lowest BCUT2D eigenvalue weighted by atomic mass is 10.1. The minimum absolute atomic E-state index is 0.0162. The van der Waals surface area contributed by atoms with E-state index in [2.05, 4.69) is 51.7 Å². The Morgan fingerprint density at radius 3 is 3.08 bits per heavy atom. The van der Waals surface area contributed by atoms with Crippen LogP contribution < -0.4 is 10.6 Å². The van der Waals surface area contributed by atoms with Crippen LogP contribution in [0.5, 0.6) is 0 Å². The number of H-pyrrole nitrogens is 1. The predicted molar refractivity (Wildman–Crippen MR) is 99.7 cm³/mol. The second-order valence-electron chi connectivity index (χ2n) is 6.89. The molecular weight excluding hydrogens is 328 g/mol. The first kappa shape index (κ1) is 16.8. The number of imidazole rings is 1. The van der Waals surface area contributed by atoms with E-state index in [1.165, 1.54) is 16.8 Å². The fourth-order valence-corrected chi connectivity index (χ4v) is 3.33. The lowest BCUT2D eigenvalue weighted by molar-refractivity contribution is -0.121. The third-order valence-electron chi connectivity index (χ3n) is 5.00. The molecule has 1 aliphatic heterocycles. The molecule has 0 bridgehead atoms. The molecule has 3 heterocycles. The maximum atomic E-state index is 12.2. The molecule has 1 amide bonds. The minimum atomic E-state index is 0.0162. The number of rotatable bonds is 5. The zero-order chi connectivity index (χ0) is 18.1. The van der Waals surface area contributed by atoms with E-state index in [4.69, 9.17) is 0 Å². The van der Waals surface area contributed by atoms with E-state index in [0.717, 1.165) is 42.2 Å². The summed E-state index contributed by atoms with van der Waals surface area (Å²) in [6, 6.07) is 6.19. The number of fused-ring (bicyclic) bond motifs is 2. The second-order valence-corrected chi connectivity index (χ2v) is 6.89. The molecule has 4 rings (SSSR count). The quantitative estimate of drug-likeness (QED) is 0.653. The number of carbonyl (C=O) groups excluding carboxylic acids is 1. The first-order valence-corrected chi connectivity index (χ1v) is 9.08. The van der Waals surface area contributed by atoms with Gasteiger partial charge in [-0.05, 0) is 37.1 Å². The van der Waals surface area contributed by atoms with Crippen LogP contribution in [-0.2, 0) is 30.8 Å². The van der Waals surface area contributed by atoms with Crippen LogP contribution in [0.2, 0.25) is 0 Å². The summed E-state index contributed by atoms with van der Waals surface area (Å²) < 4.78 is 2.01. The van der Waals surface area contributed by atoms with Gasteiger partial charge in [0.15, 0.2) is 0 Å². The molecule has 7 nitrogen and oxygen atoms in total. The number of nitrogens with one attached hydrogen (secondary N) is 3. The predicted octanol–water partition coefficient (Wildman–Crippen LogP) is 1.73. The van der Waals surface area contributed by atoms with E-state index >= 15 is 0 Å². The third kappa shape index (κ3) is 3.35. The molecule has 0 radical (unpaired) electrons. The van der Waals surface area contributed by atoms with Crippen LogP contribution in [0.15, 0.2) is 18.2 Å². The van der Waals surface area contributed by atoms with Crippen molar-refractivity contribution in [2.75, 3.05) is 6.54 Å². The van der Waals surface area contributed by atoms with Crippen molar-refractivity contribution in [1.82, 2.24) is 30.4 Å². The number of benzene rings is 1. The van der Waals surface area contributed by atoms with Crippen molar-refractivity contribution in [3.05, 3.63) is 46.5 Å². The Hall–Kier alpha value is -2.67. The first-order valence-electron chi connectivity index (χ1n) is 9.08. The number of hydrogen-bond acceptors (Lipinski definition) is 4. The van der Waals surface area contributed by atoms with Crippen molar-refractivity contribution in [1.29, 1.82) is 0 Å². The summed E-state index contributed by atoms with van der Waals surface area (Å²) in [6.07, 6.45) is 1.01. The molecule has 0 unspecified atom stereocenters. The van der Waals surface area contributed by atoms with Gasteiger partial charge in [0.05, 0.1) is 35.5 Å². The van der Waals surface area contributed by atoms with E-state index in [9.17, 15) is 4.79 Å². The molecule has 3 aromatic rings. The summed E-state index contributed by atoms with van der Waals surface area (Å²) >= 11 is 0. The molecule has 0 saturated carbocycles. The van der Waals surface area contributed by atoms with Gasteiger partial charge in [-0.25, -0.2) is 4.98 Å². The van der Waals surface area contributed by atoms with E-state index in [0.29, 0.717) is 19.4 Å². The Balaban J connectivity index is 1.32. The number of aryl methyl sites for hydroxylation is 3. The van der Waals surface area contributed by atoms with Gasteiger partial charge in [-0.1, -0.05) is 6.07 Å². The maximum Gasteiger partial charge on any atom is 0.220 e. The lowest BCUT2D eigenvalue weighted by Gasteiger charge is -2.13. The van der Waals surface area contributed by atoms with Gasteiger partial charge in [-0.3, -0.25) is 9.48 Å². The summed E-state index contributed by atoms with van der Waals surface area (Å²) in [4.78, 5) is 20.1. The Kier molecular flexibility index (Phi) is 4.46. The monoisotopic (exact) mass is 352 g/mol. The molecule has 3 N–H and O–H groups in total. The Morgan fingerprint density at radius 1 is 1.35 bits per heavy atom. The smallest absolute Gasteiger partial charge is 0.220 e. The van der Waals surface area contributed by atoms with Gasteiger partial charge in [0, 0.05) is 25.9 Å². The molecule has 26 heavy (non-hydrogen) atoms. The van der Waals surface area contributed by atoms with Crippen molar-refractivity contribution in [3.8, 4) is 0 Å². The topological polar surface area (TPSA) is 87.6 Å². The molecule has 0 saturated heterocycles. The zero-order valence-electron chi connectivity index (χ0n) is 15.2. The summed E-state index contributed by atoms with van der Waals surface area (Å²) in [5, 5.41) is 10.8. The largest absolute Gasteiger partial charge is 0.350 e. The summed E-state index contributed by atoms with van der Waals surface area (Å²) in [6.45, 7) is 7.30. The molecule has 136 valence electrons. The molecule has 1 aromatic carbocycles. The highest BCUT2D eigenvalue weighted by atomic mass is 16.1. The standard InChI is InChI=1S/C19H24N6O/c1-12-3-4-16-19(13(12)2)23-17(22-16)5-6-18(26)21-10-14-9-15-11-20-7-8-25(15)24-14/h3-4,9,20H,5-8,10-11H2,1-2H3,(H,21,26)(H,22,23). The molecule has 0 aliphatic carbocycles. The summed E-state index contributed by atoms with van der Waals surface area (Å²) in [7, 11) is 0. The van der Waals surface area contributed by atoms with Crippen molar-refractivity contribution in [2.24, 2.45) is 0 Å². The van der Waals surface area contributed by atoms with E-state index in [-0.39, 0.29) is 5.91 Å². The van der Waals surface area contributed by atoms with Crippen LogP contribution in [0, 0.1) is 13.8 Å². The van der Waals surface area contributed by atoms with Gasteiger partial charge in [0.1, 0.15) is 5.82 Å².